The first-order chi connectivity index (χ1) is 11.6. The first-order valence-electron chi connectivity index (χ1n) is 7.46. The summed E-state index contributed by atoms with van der Waals surface area (Å²) >= 11 is 0. The molecule has 1 heterocycles. The van der Waals surface area contributed by atoms with E-state index in [-0.39, 0.29) is 11.3 Å². The van der Waals surface area contributed by atoms with Crippen LogP contribution in [0.3, 0.4) is 0 Å². The van der Waals surface area contributed by atoms with Crippen LogP contribution in [-0.2, 0) is 0 Å². The maximum atomic E-state index is 12.7. The number of halogens is 3. The molecule has 5 nitrogen and oxygen atoms in total. The van der Waals surface area contributed by atoms with Crippen LogP contribution >= 0.6 is 0 Å². The Kier molecular flexibility index (Phi) is 5.20. The van der Waals surface area contributed by atoms with Crippen molar-refractivity contribution in [1.29, 1.82) is 0 Å². The molecular formula is C17H17F3N2O3. The Morgan fingerprint density at radius 3 is 2.16 bits per heavy atom. The third-order valence-electron chi connectivity index (χ3n) is 3.50. The van der Waals surface area contributed by atoms with E-state index in [0.29, 0.717) is 11.3 Å². The molecule has 0 radical (unpaired) electrons. The summed E-state index contributed by atoms with van der Waals surface area (Å²) in [7, 11) is 0. The van der Waals surface area contributed by atoms with Crippen molar-refractivity contribution < 1.29 is 27.2 Å². The van der Waals surface area contributed by atoms with Gasteiger partial charge in [0.1, 0.15) is 12.3 Å². The number of hydrogen-bond donors (Lipinski definition) is 1. The number of furan rings is 1. The Morgan fingerprint density at radius 1 is 1.12 bits per heavy atom. The summed E-state index contributed by atoms with van der Waals surface area (Å²) in [5, 5.41) is 0. The number of carbonyl (C=O) groups excluding carboxylic acids is 2. The van der Waals surface area contributed by atoms with Crippen molar-refractivity contribution >= 4 is 11.8 Å². The lowest BCUT2D eigenvalue weighted by atomic mass is 10.1. The van der Waals surface area contributed by atoms with E-state index >= 15 is 0 Å². The minimum atomic E-state index is -4.47. The highest BCUT2D eigenvalue weighted by atomic mass is 19.4. The maximum Gasteiger partial charge on any atom is 0.406 e. The van der Waals surface area contributed by atoms with Gasteiger partial charge in [0.05, 0.1) is 0 Å². The molecule has 1 aromatic carbocycles. The van der Waals surface area contributed by atoms with Gasteiger partial charge in [-0.05, 0) is 38.1 Å². The number of benzene rings is 1. The van der Waals surface area contributed by atoms with Gasteiger partial charge < -0.3 is 15.1 Å². The average molecular weight is 354 g/mol. The van der Waals surface area contributed by atoms with Crippen LogP contribution in [0.25, 0.3) is 11.3 Å². The van der Waals surface area contributed by atoms with E-state index < -0.39 is 30.6 Å². The van der Waals surface area contributed by atoms with E-state index in [1.807, 2.05) is 0 Å². The van der Waals surface area contributed by atoms with Crippen LogP contribution in [0.4, 0.5) is 13.2 Å². The standard InChI is InChI=1S/C17H17F3N2O3/c1-10(2)22(9-17(18,19)20)16(24)12-5-3-11(4-6-12)13-7-8-14(25-13)15(21)23/h3-8,10H,9H2,1-2H3,(H2,21,23). The molecule has 0 fully saturated rings. The highest BCUT2D eigenvalue weighted by molar-refractivity contribution is 5.95. The lowest BCUT2D eigenvalue weighted by molar-refractivity contribution is -0.143. The van der Waals surface area contributed by atoms with Crippen LogP contribution < -0.4 is 5.73 Å². The van der Waals surface area contributed by atoms with Gasteiger partial charge in [0, 0.05) is 17.2 Å². The molecule has 25 heavy (non-hydrogen) atoms. The molecule has 0 aliphatic rings. The number of alkyl halides is 3. The van der Waals surface area contributed by atoms with Crippen molar-refractivity contribution in [1.82, 2.24) is 4.90 Å². The lowest BCUT2D eigenvalue weighted by Gasteiger charge is -2.27. The Labute approximate surface area is 142 Å². The zero-order valence-corrected chi connectivity index (χ0v) is 13.6. The van der Waals surface area contributed by atoms with E-state index in [4.69, 9.17) is 10.2 Å². The van der Waals surface area contributed by atoms with Crippen LogP contribution in [-0.4, -0.2) is 35.5 Å². The Balaban J connectivity index is 2.22. The third kappa shape index (κ3) is 4.62. The fraction of sp³-hybridized carbons (Fsp3) is 0.294. The van der Waals surface area contributed by atoms with Crippen LogP contribution in [0.1, 0.15) is 34.8 Å². The topological polar surface area (TPSA) is 76.5 Å². The highest BCUT2D eigenvalue weighted by Gasteiger charge is 2.34. The first kappa shape index (κ1) is 18.6. The van der Waals surface area contributed by atoms with E-state index in [9.17, 15) is 22.8 Å². The second-order valence-corrected chi connectivity index (χ2v) is 5.75. The van der Waals surface area contributed by atoms with Crippen LogP contribution in [0, 0.1) is 0 Å². The molecule has 0 saturated carbocycles. The highest BCUT2D eigenvalue weighted by Crippen LogP contribution is 2.24. The van der Waals surface area contributed by atoms with Crippen molar-refractivity contribution in [3.8, 4) is 11.3 Å². The molecule has 2 N–H and O–H groups in total. The lowest BCUT2D eigenvalue weighted by Crippen LogP contribution is -2.43. The predicted octanol–water partition coefficient (Wildman–Crippen LogP) is 3.46. The molecule has 0 atom stereocenters. The van der Waals surface area contributed by atoms with Crippen LogP contribution in [0.2, 0.25) is 0 Å². The Morgan fingerprint density at radius 2 is 1.72 bits per heavy atom. The van der Waals surface area contributed by atoms with Gasteiger partial charge in [-0.3, -0.25) is 9.59 Å². The maximum absolute atomic E-state index is 12.7. The number of amides is 2. The molecule has 0 aliphatic carbocycles. The van der Waals surface area contributed by atoms with Gasteiger partial charge in [0.25, 0.3) is 11.8 Å². The van der Waals surface area contributed by atoms with Gasteiger partial charge in [-0.15, -0.1) is 0 Å². The molecule has 8 heteroatoms. The zero-order valence-electron chi connectivity index (χ0n) is 13.6. The molecule has 0 aliphatic heterocycles. The number of nitrogens with two attached hydrogens (primary N) is 1. The van der Waals surface area contributed by atoms with Gasteiger partial charge in [-0.2, -0.15) is 13.2 Å². The second kappa shape index (κ2) is 7.00. The van der Waals surface area contributed by atoms with Crippen molar-refractivity contribution in [3.63, 3.8) is 0 Å². The monoisotopic (exact) mass is 354 g/mol. The molecule has 2 rings (SSSR count). The number of nitrogens with zero attached hydrogens (tertiary/aromatic N) is 1. The van der Waals surface area contributed by atoms with Gasteiger partial charge in [-0.1, -0.05) is 12.1 Å². The predicted molar refractivity (Wildman–Crippen MR) is 84.9 cm³/mol. The summed E-state index contributed by atoms with van der Waals surface area (Å²) in [4.78, 5) is 24.1. The molecule has 0 spiro atoms. The number of rotatable bonds is 5. The van der Waals surface area contributed by atoms with Crippen molar-refractivity contribution in [2.45, 2.75) is 26.1 Å². The smallest absolute Gasteiger partial charge is 0.406 e. The van der Waals surface area contributed by atoms with Crippen LogP contribution in [0.5, 0.6) is 0 Å². The van der Waals surface area contributed by atoms with Gasteiger partial charge >= 0.3 is 6.18 Å². The second-order valence-electron chi connectivity index (χ2n) is 5.75. The van der Waals surface area contributed by atoms with Crippen molar-refractivity contribution in [3.05, 3.63) is 47.7 Å². The van der Waals surface area contributed by atoms with Crippen molar-refractivity contribution in [2.24, 2.45) is 5.73 Å². The number of carbonyl (C=O) groups is 2. The molecule has 134 valence electrons. The summed E-state index contributed by atoms with van der Waals surface area (Å²) in [6, 6.07) is 8.25. The minimum Gasteiger partial charge on any atom is -0.451 e. The van der Waals surface area contributed by atoms with E-state index in [0.717, 1.165) is 4.90 Å². The average Bonchev–Trinajstić information content (AvgIpc) is 3.01. The van der Waals surface area contributed by atoms with Crippen LogP contribution in [0.15, 0.2) is 40.8 Å². The summed E-state index contributed by atoms with van der Waals surface area (Å²) in [5.41, 5.74) is 5.80. The summed E-state index contributed by atoms with van der Waals surface area (Å²) in [6.07, 6.45) is -4.47. The van der Waals surface area contributed by atoms with Gasteiger partial charge in [0.15, 0.2) is 5.76 Å². The fourth-order valence-electron chi connectivity index (χ4n) is 2.25. The molecule has 0 unspecified atom stereocenters. The Bertz CT molecular complexity index is 764. The minimum absolute atomic E-state index is 0.00804. The summed E-state index contributed by atoms with van der Waals surface area (Å²) in [6.45, 7) is 1.73. The number of hydrogen-bond acceptors (Lipinski definition) is 3. The van der Waals surface area contributed by atoms with Crippen molar-refractivity contribution in [2.75, 3.05) is 6.54 Å². The third-order valence-corrected chi connectivity index (χ3v) is 3.50. The van der Waals surface area contributed by atoms with E-state index in [2.05, 4.69) is 0 Å². The van der Waals surface area contributed by atoms with Gasteiger partial charge in [0.2, 0.25) is 0 Å². The quantitative estimate of drug-likeness (QED) is 0.893. The molecule has 2 aromatic rings. The molecule has 0 saturated heterocycles. The van der Waals surface area contributed by atoms with E-state index in [1.165, 1.54) is 44.2 Å². The van der Waals surface area contributed by atoms with E-state index in [1.54, 1.807) is 6.07 Å². The summed E-state index contributed by atoms with van der Waals surface area (Å²) < 4.78 is 43.2. The normalized spacial score (nSPS) is 11.6. The molecular weight excluding hydrogens is 337 g/mol. The molecule has 0 bridgehead atoms. The summed E-state index contributed by atoms with van der Waals surface area (Å²) in [5.74, 6) is -1.07. The number of primary amides is 1. The zero-order chi connectivity index (χ0) is 18.8. The largest absolute Gasteiger partial charge is 0.451 e. The first-order valence-corrected chi connectivity index (χ1v) is 7.46. The SMILES string of the molecule is CC(C)N(CC(F)(F)F)C(=O)c1ccc(-c2ccc(C(N)=O)o2)cc1. The molecule has 2 amide bonds. The fourth-order valence-corrected chi connectivity index (χ4v) is 2.25. The molecule has 1 aromatic heterocycles. The van der Waals surface area contributed by atoms with Gasteiger partial charge in [-0.25, -0.2) is 0 Å². The Hall–Kier alpha value is -2.77.